The summed E-state index contributed by atoms with van der Waals surface area (Å²) in [6.45, 7) is 2.66. The van der Waals surface area contributed by atoms with Gasteiger partial charge in [0.2, 0.25) is 0 Å². The number of methoxy groups -OCH3 is 1. The number of carbonyl (C=O) groups is 2. The molecule has 0 bridgehead atoms. The molecule has 3 aromatic rings. The van der Waals surface area contributed by atoms with Gasteiger partial charge in [0, 0.05) is 42.7 Å². The molecule has 2 aliphatic rings. The third-order valence-electron chi connectivity index (χ3n) is 7.32. The van der Waals surface area contributed by atoms with Crippen molar-refractivity contribution in [2.45, 2.75) is 24.9 Å². The molecular weight excluding hydrogens is 467 g/mol. The summed E-state index contributed by atoms with van der Waals surface area (Å²) in [6, 6.07) is 8.59. The number of imide groups is 1. The van der Waals surface area contributed by atoms with Crippen LogP contribution in [-0.4, -0.2) is 87.8 Å². The minimum absolute atomic E-state index is 0.0192. The van der Waals surface area contributed by atoms with Gasteiger partial charge in [-0.3, -0.25) is 14.6 Å². The van der Waals surface area contributed by atoms with Crippen molar-refractivity contribution in [2.24, 2.45) is 0 Å². The fraction of sp³-hybridized carbons (Fsp3) is 0.385. The zero-order valence-corrected chi connectivity index (χ0v) is 20.4. The number of hydrogen-bond donors (Lipinski definition) is 3. The Bertz CT molecular complexity index is 1360. The summed E-state index contributed by atoms with van der Waals surface area (Å²) in [5, 5.41) is 19.7. The van der Waals surface area contributed by atoms with E-state index in [1.807, 2.05) is 4.90 Å². The minimum Gasteiger partial charge on any atom is -0.508 e. The summed E-state index contributed by atoms with van der Waals surface area (Å²) in [7, 11) is 3.20. The maximum atomic E-state index is 15.5. The van der Waals surface area contributed by atoms with Gasteiger partial charge in [0.15, 0.2) is 11.6 Å². The Morgan fingerprint density at radius 1 is 1.25 bits per heavy atom. The van der Waals surface area contributed by atoms with Crippen LogP contribution in [0.25, 0.3) is 10.9 Å². The summed E-state index contributed by atoms with van der Waals surface area (Å²) in [5.74, 6) is -0.782. The highest BCUT2D eigenvalue weighted by Gasteiger charge is 2.60. The molecule has 9 nitrogen and oxygen atoms in total. The van der Waals surface area contributed by atoms with E-state index in [0.717, 1.165) is 0 Å². The van der Waals surface area contributed by atoms with E-state index in [1.165, 1.54) is 24.1 Å². The highest BCUT2D eigenvalue weighted by molar-refractivity contribution is 6.08. The van der Waals surface area contributed by atoms with Crippen LogP contribution in [-0.2, 0) is 11.2 Å². The summed E-state index contributed by atoms with van der Waals surface area (Å²) in [5.41, 5.74) is 1.08. The molecule has 3 amide bonds. The van der Waals surface area contributed by atoms with E-state index in [9.17, 15) is 19.8 Å². The van der Waals surface area contributed by atoms with Gasteiger partial charge < -0.3 is 24.8 Å². The third-order valence-corrected chi connectivity index (χ3v) is 7.32. The van der Waals surface area contributed by atoms with E-state index in [0.29, 0.717) is 40.8 Å². The van der Waals surface area contributed by atoms with Crippen molar-refractivity contribution < 1.29 is 28.9 Å². The summed E-state index contributed by atoms with van der Waals surface area (Å²) in [4.78, 5) is 35.5. The van der Waals surface area contributed by atoms with Gasteiger partial charge in [0.05, 0.1) is 13.7 Å². The number of phenols is 1. The van der Waals surface area contributed by atoms with Gasteiger partial charge in [-0.15, -0.1) is 0 Å². The molecule has 3 N–H and O–H groups in total. The highest BCUT2D eigenvalue weighted by Crippen LogP contribution is 2.49. The SMILES string of the molecule is COc1ccc2[nH]c3c(c2c1F)CC1(C)C(=O)N(CCN(C)CCO)C(=O)N1C3c1cccc(O)c1. The van der Waals surface area contributed by atoms with E-state index in [1.54, 1.807) is 43.1 Å². The molecule has 10 heteroatoms. The number of nitrogens with one attached hydrogen (secondary N) is 1. The van der Waals surface area contributed by atoms with Crippen molar-refractivity contribution in [3.63, 3.8) is 0 Å². The Balaban J connectivity index is 1.67. The Hall–Kier alpha value is -3.63. The number of aromatic hydroxyl groups is 1. The number of halogens is 1. The number of carbonyl (C=O) groups excluding carboxylic acids is 2. The summed E-state index contributed by atoms with van der Waals surface area (Å²) < 4.78 is 20.7. The van der Waals surface area contributed by atoms with Crippen molar-refractivity contribution in [3.8, 4) is 11.5 Å². The summed E-state index contributed by atoms with van der Waals surface area (Å²) >= 11 is 0. The number of urea groups is 1. The largest absolute Gasteiger partial charge is 0.508 e. The van der Waals surface area contributed by atoms with Crippen molar-refractivity contribution >= 4 is 22.8 Å². The average molecular weight is 497 g/mol. The van der Waals surface area contributed by atoms with Crippen LogP contribution in [0, 0.1) is 5.82 Å². The van der Waals surface area contributed by atoms with Crippen molar-refractivity contribution in [1.29, 1.82) is 0 Å². The van der Waals surface area contributed by atoms with E-state index in [-0.39, 0.29) is 37.0 Å². The number of fused-ring (bicyclic) bond motifs is 4. The van der Waals surface area contributed by atoms with Gasteiger partial charge in [0.1, 0.15) is 17.3 Å². The Morgan fingerprint density at radius 3 is 2.72 bits per heavy atom. The number of aromatic nitrogens is 1. The number of likely N-dealkylation sites (N-methyl/N-ethyl adjacent to an activating group) is 1. The van der Waals surface area contributed by atoms with Gasteiger partial charge in [-0.2, -0.15) is 0 Å². The Labute approximate surface area is 207 Å². The molecule has 2 unspecified atom stereocenters. The number of nitrogens with zero attached hydrogens (tertiary/aromatic N) is 3. The predicted octanol–water partition coefficient (Wildman–Crippen LogP) is 2.61. The number of hydrogen-bond acceptors (Lipinski definition) is 6. The lowest BCUT2D eigenvalue weighted by Crippen LogP contribution is -2.53. The maximum absolute atomic E-state index is 15.5. The topological polar surface area (TPSA) is 109 Å². The minimum atomic E-state index is -1.26. The number of aliphatic hydroxyl groups is 1. The second-order valence-electron chi connectivity index (χ2n) is 9.61. The molecule has 0 radical (unpaired) electrons. The lowest BCUT2D eigenvalue weighted by molar-refractivity contribution is -0.133. The Morgan fingerprint density at radius 2 is 2.03 bits per heavy atom. The molecule has 190 valence electrons. The molecule has 1 fully saturated rings. The fourth-order valence-corrected chi connectivity index (χ4v) is 5.50. The first-order valence-corrected chi connectivity index (χ1v) is 11.8. The van der Waals surface area contributed by atoms with E-state index < -0.39 is 23.4 Å². The third kappa shape index (κ3) is 3.51. The number of rotatable bonds is 7. The molecule has 0 aliphatic carbocycles. The van der Waals surface area contributed by atoms with Crippen LogP contribution >= 0.6 is 0 Å². The lowest BCUT2D eigenvalue weighted by Gasteiger charge is -2.42. The van der Waals surface area contributed by atoms with Crippen LogP contribution in [0.5, 0.6) is 11.5 Å². The zero-order valence-electron chi connectivity index (χ0n) is 20.4. The molecule has 36 heavy (non-hydrogen) atoms. The molecule has 2 aliphatic heterocycles. The number of aromatic amines is 1. The zero-order chi connectivity index (χ0) is 25.8. The summed E-state index contributed by atoms with van der Waals surface area (Å²) in [6.07, 6.45) is 0.120. The van der Waals surface area contributed by atoms with Crippen LogP contribution in [0.15, 0.2) is 36.4 Å². The predicted molar refractivity (Wildman–Crippen MR) is 130 cm³/mol. The number of phenolic OH excluding ortho intramolecular Hbond substituents is 1. The first kappa shape index (κ1) is 24.1. The van der Waals surface area contributed by atoms with Gasteiger partial charge in [0.25, 0.3) is 5.91 Å². The molecule has 0 saturated carbocycles. The van der Waals surface area contributed by atoms with Gasteiger partial charge >= 0.3 is 6.03 Å². The molecule has 3 heterocycles. The second-order valence-corrected chi connectivity index (χ2v) is 9.61. The van der Waals surface area contributed by atoms with Gasteiger partial charge in [-0.05, 0) is 49.4 Å². The second kappa shape index (κ2) is 8.79. The molecule has 5 rings (SSSR count). The number of H-pyrrole nitrogens is 1. The quantitative estimate of drug-likeness (QED) is 0.434. The van der Waals surface area contributed by atoms with Crippen LogP contribution < -0.4 is 4.74 Å². The fourth-order valence-electron chi connectivity index (χ4n) is 5.50. The number of amides is 3. The molecule has 1 saturated heterocycles. The molecule has 2 atom stereocenters. The molecule has 1 aromatic heterocycles. The first-order chi connectivity index (χ1) is 17.2. The van der Waals surface area contributed by atoms with Crippen molar-refractivity contribution in [2.75, 3.05) is 40.4 Å². The van der Waals surface area contributed by atoms with Crippen LogP contribution in [0.3, 0.4) is 0 Å². The van der Waals surface area contributed by atoms with Crippen LogP contribution in [0.4, 0.5) is 9.18 Å². The number of ether oxygens (including phenoxy) is 1. The lowest BCUT2D eigenvalue weighted by atomic mass is 9.81. The molecule has 2 aromatic carbocycles. The van der Waals surface area contributed by atoms with Crippen LogP contribution in [0.2, 0.25) is 0 Å². The number of aliphatic hydroxyl groups excluding tert-OH is 1. The monoisotopic (exact) mass is 496 g/mol. The maximum Gasteiger partial charge on any atom is 0.328 e. The first-order valence-electron chi connectivity index (χ1n) is 11.8. The molecular formula is C26H29FN4O5. The van der Waals surface area contributed by atoms with E-state index in [2.05, 4.69) is 4.98 Å². The van der Waals surface area contributed by atoms with Crippen molar-refractivity contribution in [3.05, 3.63) is 59.0 Å². The standard InChI is InChI=1S/C26H29FN4O5/c1-26-14-17-20-18(7-8-19(36-3)21(20)27)28-22(17)23(15-5-4-6-16(33)13-15)31(26)25(35)30(24(26)34)10-9-29(2)11-12-32/h4-8,13,23,28,32-33H,9-12,14H2,1-3H3. The average Bonchev–Trinajstić information content (AvgIpc) is 3.29. The smallest absolute Gasteiger partial charge is 0.328 e. The van der Waals surface area contributed by atoms with Gasteiger partial charge in [-0.1, -0.05) is 12.1 Å². The molecule has 0 spiro atoms. The number of benzene rings is 2. The highest BCUT2D eigenvalue weighted by atomic mass is 19.1. The van der Waals surface area contributed by atoms with E-state index in [4.69, 9.17) is 4.74 Å². The normalized spacial score (nSPS) is 21.4. The Kier molecular flexibility index (Phi) is 5.88. The van der Waals surface area contributed by atoms with Gasteiger partial charge in [-0.25, -0.2) is 9.18 Å². The van der Waals surface area contributed by atoms with Crippen molar-refractivity contribution in [1.82, 2.24) is 19.7 Å². The van der Waals surface area contributed by atoms with E-state index >= 15 is 4.39 Å². The van der Waals surface area contributed by atoms with Crippen LogP contribution in [0.1, 0.15) is 29.8 Å².